The predicted molar refractivity (Wildman–Crippen MR) is 113 cm³/mol. The number of rotatable bonds is 5. The van der Waals surface area contributed by atoms with Gasteiger partial charge in [-0.05, 0) is 73.4 Å². The van der Waals surface area contributed by atoms with Crippen LogP contribution in [0.1, 0.15) is 35.2 Å². The minimum Gasteiger partial charge on any atom is -0.372 e. The molecule has 2 heterocycles. The fourth-order valence-corrected chi connectivity index (χ4v) is 3.44. The van der Waals surface area contributed by atoms with Crippen LogP contribution in [0.25, 0.3) is 5.69 Å². The lowest BCUT2D eigenvalue weighted by Gasteiger charge is -2.28. The molecule has 0 unspecified atom stereocenters. The van der Waals surface area contributed by atoms with Crippen LogP contribution in [-0.4, -0.2) is 29.8 Å². The average molecular weight is 372 g/mol. The Morgan fingerprint density at radius 2 is 1.50 bits per heavy atom. The molecule has 0 saturated carbocycles. The Kier molecular flexibility index (Phi) is 5.52. The number of hydrazone groups is 1. The second-order valence-electron chi connectivity index (χ2n) is 6.98. The topological polar surface area (TPSA) is 49.6 Å². The number of anilines is 1. The number of carbonyl (C=O) groups excluding carboxylic acids is 1. The van der Waals surface area contributed by atoms with Gasteiger partial charge in [0.2, 0.25) is 0 Å². The third-order valence-corrected chi connectivity index (χ3v) is 5.03. The molecular formula is C23H24N4O. The first kappa shape index (κ1) is 18.0. The van der Waals surface area contributed by atoms with Crippen molar-refractivity contribution in [3.8, 4) is 5.69 Å². The van der Waals surface area contributed by atoms with E-state index in [0.29, 0.717) is 5.56 Å². The van der Waals surface area contributed by atoms with Crippen LogP contribution in [0.2, 0.25) is 0 Å². The van der Waals surface area contributed by atoms with Gasteiger partial charge in [-0.1, -0.05) is 12.1 Å². The number of nitrogens with zero attached hydrogens (tertiary/aromatic N) is 3. The summed E-state index contributed by atoms with van der Waals surface area (Å²) >= 11 is 0. The molecule has 28 heavy (non-hydrogen) atoms. The zero-order valence-corrected chi connectivity index (χ0v) is 15.8. The van der Waals surface area contributed by atoms with E-state index in [2.05, 4.69) is 27.6 Å². The highest BCUT2D eigenvalue weighted by Crippen LogP contribution is 2.19. The van der Waals surface area contributed by atoms with Gasteiger partial charge in [0.25, 0.3) is 5.91 Å². The van der Waals surface area contributed by atoms with Gasteiger partial charge in [0.15, 0.2) is 0 Å². The number of piperidine rings is 1. The van der Waals surface area contributed by atoms with E-state index < -0.39 is 0 Å². The van der Waals surface area contributed by atoms with Gasteiger partial charge >= 0.3 is 0 Å². The lowest BCUT2D eigenvalue weighted by atomic mass is 10.1. The van der Waals surface area contributed by atoms with Gasteiger partial charge in [0.1, 0.15) is 0 Å². The number of amides is 1. The molecule has 142 valence electrons. The molecule has 1 N–H and O–H groups in total. The van der Waals surface area contributed by atoms with Gasteiger partial charge in [-0.3, -0.25) is 4.79 Å². The van der Waals surface area contributed by atoms with Crippen molar-refractivity contribution in [1.82, 2.24) is 9.99 Å². The zero-order valence-electron chi connectivity index (χ0n) is 15.8. The van der Waals surface area contributed by atoms with Gasteiger partial charge in [0.05, 0.1) is 6.21 Å². The molecule has 0 aliphatic carbocycles. The molecule has 0 atom stereocenters. The van der Waals surface area contributed by atoms with Gasteiger partial charge < -0.3 is 9.47 Å². The maximum atomic E-state index is 12.3. The smallest absolute Gasteiger partial charge is 0.271 e. The summed E-state index contributed by atoms with van der Waals surface area (Å²) in [5.74, 6) is -0.222. The van der Waals surface area contributed by atoms with Gasteiger partial charge in [-0.15, -0.1) is 0 Å². The minimum atomic E-state index is -0.222. The SMILES string of the molecule is O=C(N/N=C/c1ccc(N2CCCCC2)cc1)c1ccc(-n2cccc2)cc1. The highest BCUT2D eigenvalue weighted by molar-refractivity contribution is 5.95. The molecule has 1 aliphatic rings. The Bertz CT molecular complexity index is 922. The van der Waals surface area contributed by atoms with Crippen LogP contribution in [0.15, 0.2) is 78.2 Å². The van der Waals surface area contributed by atoms with E-state index in [0.717, 1.165) is 24.3 Å². The molecule has 1 fully saturated rings. The maximum Gasteiger partial charge on any atom is 0.271 e. The predicted octanol–water partition coefficient (Wildman–Crippen LogP) is 4.23. The van der Waals surface area contributed by atoms with Gasteiger partial charge in [-0.2, -0.15) is 5.10 Å². The van der Waals surface area contributed by atoms with Crippen molar-refractivity contribution in [1.29, 1.82) is 0 Å². The quantitative estimate of drug-likeness (QED) is 0.538. The van der Waals surface area contributed by atoms with Crippen molar-refractivity contribution in [3.05, 3.63) is 84.2 Å². The Morgan fingerprint density at radius 1 is 0.857 bits per heavy atom. The van der Waals surface area contributed by atoms with Crippen LogP contribution in [0.4, 0.5) is 5.69 Å². The summed E-state index contributed by atoms with van der Waals surface area (Å²) in [6.45, 7) is 2.26. The van der Waals surface area contributed by atoms with Crippen molar-refractivity contribution in [2.75, 3.05) is 18.0 Å². The summed E-state index contributed by atoms with van der Waals surface area (Å²) in [6, 6.07) is 19.7. The molecule has 5 heteroatoms. The van der Waals surface area contributed by atoms with E-state index in [1.165, 1.54) is 24.9 Å². The highest BCUT2D eigenvalue weighted by atomic mass is 16.2. The summed E-state index contributed by atoms with van der Waals surface area (Å²) in [7, 11) is 0. The molecule has 1 aromatic heterocycles. The third kappa shape index (κ3) is 4.31. The van der Waals surface area contributed by atoms with Gasteiger partial charge in [0, 0.05) is 42.4 Å². The second-order valence-corrected chi connectivity index (χ2v) is 6.98. The van der Waals surface area contributed by atoms with E-state index in [1.54, 1.807) is 18.3 Å². The third-order valence-electron chi connectivity index (χ3n) is 5.03. The summed E-state index contributed by atoms with van der Waals surface area (Å²) in [4.78, 5) is 14.7. The molecule has 0 bridgehead atoms. The number of carbonyl (C=O) groups is 1. The van der Waals surface area contributed by atoms with Crippen LogP contribution in [-0.2, 0) is 0 Å². The van der Waals surface area contributed by atoms with E-state index in [1.807, 2.05) is 53.4 Å². The lowest BCUT2D eigenvalue weighted by molar-refractivity contribution is 0.0955. The van der Waals surface area contributed by atoms with E-state index in [9.17, 15) is 4.79 Å². The number of hydrogen-bond donors (Lipinski definition) is 1. The van der Waals surface area contributed by atoms with Crippen molar-refractivity contribution in [3.63, 3.8) is 0 Å². The van der Waals surface area contributed by atoms with E-state index >= 15 is 0 Å². The Morgan fingerprint density at radius 3 is 2.18 bits per heavy atom. The fourth-order valence-electron chi connectivity index (χ4n) is 3.44. The summed E-state index contributed by atoms with van der Waals surface area (Å²) in [6.07, 6.45) is 9.47. The van der Waals surface area contributed by atoms with Crippen LogP contribution in [0.3, 0.4) is 0 Å². The van der Waals surface area contributed by atoms with E-state index in [4.69, 9.17) is 0 Å². The van der Waals surface area contributed by atoms with Crippen molar-refractivity contribution >= 4 is 17.8 Å². The maximum absolute atomic E-state index is 12.3. The molecule has 5 nitrogen and oxygen atoms in total. The number of aromatic nitrogens is 1. The first-order valence-corrected chi connectivity index (χ1v) is 9.71. The zero-order chi connectivity index (χ0) is 19.2. The van der Waals surface area contributed by atoms with Crippen molar-refractivity contribution in [2.45, 2.75) is 19.3 Å². The molecule has 0 spiro atoms. The molecule has 1 saturated heterocycles. The first-order chi connectivity index (χ1) is 13.8. The minimum absolute atomic E-state index is 0.222. The summed E-state index contributed by atoms with van der Waals surface area (Å²) in [5, 5.41) is 4.09. The molecule has 1 amide bonds. The molecule has 2 aromatic carbocycles. The van der Waals surface area contributed by atoms with Crippen molar-refractivity contribution < 1.29 is 4.79 Å². The molecular weight excluding hydrogens is 348 g/mol. The van der Waals surface area contributed by atoms with Crippen molar-refractivity contribution in [2.24, 2.45) is 5.10 Å². The highest BCUT2D eigenvalue weighted by Gasteiger charge is 2.10. The second kappa shape index (κ2) is 8.57. The van der Waals surface area contributed by atoms with Gasteiger partial charge in [-0.25, -0.2) is 5.43 Å². The first-order valence-electron chi connectivity index (χ1n) is 9.71. The van der Waals surface area contributed by atoms with Crippen LogP contribution in [0.5, 0.6) is 0 Å². The summed E-state index contributed by atoms with van der Waals surface area (Å²) < 4.78 is 1.99. The Hall–Kier alpha value is -3.34. The van der Waals surface area contributed by atoms with Crippen LogP contribution < -0.4 is 10.3 Å². The lowest BCUT2D eigenvalue weighted by Crippen LogP contribution is -2.29. The van der Waals surface area contributed by atoms with Crippen LogP contribution in [0, 0.1) is 0 Å². The Balaban J connectivity index is 1.33. The monoisotopic (exact) mass is 372 g/mol. The van der Waals surface area contributed by atoms with Crippen LogP contribution >= 0.6 is 0 Å². The molecule has 4 rings (SSSR count). The molecule has 0 radical (unpaired) electrons. The normalized spacial score (nSPS) is 14.4. The molecule has 3 aromatic rings. The largest absolute Gasteiger partial charge is 0.372 e. The number of benzene rings is 2. The summed E-state index contributed by atoms with van der Waals surface area (Å²) in [5.41, 5.74) is 6.40. The number of hydrogen-bond acceptors (Lipinski definition) is 3. The van der Waals surface area contributed by atoms with E-state index in [-0.39, 0.29) is 5.91 Å². The fraction of sp³-hybridized carbons (Fsp3) is 0.217. The standard InChI is InChI=1S/C23H24N4O/c28-23(20-8-12-22(13-9-20)27-16-4-5-17-27)25-24-18-19-6-10-21(11-7-19)26-14-2-1-3-15-26/h4-13,16-18H,1-3,14-15H2,(H,25,28)/b24-18+. The molecule has 1 aliphatic heterocycles. The average Bonchev–Trinajstić information content (AvgIpc) is 3.30. The number of nitrogens with one attached hydrogen (secondary N) is 1. The Labute approximate surface area is 165 Å².